The molecule has 0 aromatic rings. The van der Waals surface area contributed by atoms with Crippen LogP contribution in [0.1, 0.15) is 34.1 Å². The van der Waals surface area contributed by atoms with Crippen LogP contribution >= 0.6 is 11.6 Å². The van der Waals surface area contributed by atoms with Crippen molar-refractivity contribution in [2.75, 3.05) is 7.05 Å². The summed E-state index contributed by atoms with van der Waals surface area (Å²) in [6.07, 6.45) is 5.02. The summed E-state index contributed by atoms with van der Waals surface area (Å²) in [5.41, 5.74) is 8.51. The van der Waals surface area contributed by atoms with Crippen LogP contribution in [0.25, 0.3) is 0 Å². The Morgan fingerprint density at radius 3 is 2.53 bits per heavy atom. The summed E-state index contributed by atoms with van der Waals surface area (Å²) in [5.74, 6) is 0.573. The molecule has 2 atom stereocenters. The van der Waals surface area contributed by atoms with E-state index in [2.05, 4.69) is 25.8 Å². The molecular formula is C13H24ClN3. The molecule has 0 heterocycles. The lowest BCUT2D eigenvalue weighted by Crippen LogP contribution is -2.40. The smallest absolute Gasteiger partial charge is 0.191 e. The summed E-state index contributed by atoms with van der Waals surface area (Å²) in [5, 5.41) is 0. The number of allylic oxidation sites excluding steroid dienone is 2. The third-order valence-electron chi connectivity index (χ3n) is 2.73. The van der Waals surface area contributed by atoms with E-state index < -0.39 is 0 Å². The second-order valence-corrected chi connectivity index (χ2v) is 4.53. The zero-order chi connectivity index (χ0) is 13.4. The lowest BCUT2D eigenvalue weighted by Gasteiger charge is -2.24. The van der Waals surface area contributed by atoms with Gasteiger partial charge in [-0.3, -0.25) is 4.99 Å². The van der Waals surface area contributed by atoms with Gasteiger partial charge in [-0.25, -0.2) is 0 Å². The molecule has 17 heavy (non-hydrogen) atoms. The molecule has 0 fully saturated rings. The number of aliphatic imine (C=N–C) groups is 1. The third-order valence-corrected chi connectivity index (χ3v) is 3.07. The van der Waals surface area contributed by atoms with Gasteiger partial charge in [-0.1, -0.05) is 30.7 Å². The van der Waals surface area contributed by atoms with E-state index in [0.29, 0.717) is 5.96 Å². The van der Waals surface area contributed by atoms with Crippen molar-refractivity contribution in [2.45, 2.75) is 46.2 Å². The molecule has 0 aliphatic rings. The molecule has 0 aromatic carbocycles. The predicted molar refractivity (Wildman–Crippen MR) is 77.4 cm³/mol. The third kappa shape index (κ3) is 6.37. The quantitative estimate of drug-likeness (QED) is 0.467. The molecule has 2 N–H and O–H groups in total. The molecule has 0 amide bonds. The Hall–Kier alpha value is -0.960. The topological polar surface area (TPSA) is 41.6 Å². The molecule has 0 saturated heterocycles. The van der Waals surface area contributed by atoms with Crippen LogP contribution in [0.4, 0.5) is 0 Å². The number of hydrogen-bond donors (Lipinski definition) is 1. The van der Waals surface area contributed by atoms with E-state index in [0.717, 1.165) is 12.0 Å². The first kappa shape index (κ1) is 16.0. The molecule has 0 radical (unpaired) electrons. The van der Waals surface area contributed by atoms with Crippen LogP contribution in [-0.4, -0.2) is 30.0 Å². The highest BCUT2D eigenvalue weighted by Gasteiger charge is 2.08. The van der Waals surface area contributed by atoms with Crippen molar-refractivity contribution in [2.24, 2.45) is 10.7 Å². The van der Waals surface area contributed by atoms with Gasteiger partial charge in [0.2, 0.25) is 0 Å². The molecular weight excluding hydrogens is 234 g/mol. The van der Waals surface area contributed by atoms with Gasteiger partial charge in [0.05, 0.1) is 6.04 Å². The Labute approximate surface area is 110 Å². The largest absolute Gasteiger partial charge is 0.370 e. The number of rotatable bonds is 5. The lowest BCUT2D eigenvalue weighted by atomic mass is 10.2. The first-order valence-electron chi connectivity index (χ1n) is 5.93. The molecule has 98 valence electrons. The van der Waals surface area contributed by atoms with Gasteiger partial charge in [0.1, 0.15) is 0 Å². The highest BCUT2D eigenvalue weighted by Crippen LogP contribution is 2.04. The van der Waals surface area contributed by atoms with E-state index in [9.17, 15) is 0 Å². The molecule has 4 heteroatoms. The maximum Gasteiger partial charge on any atom is 0.191 e. The van der Waals surface area contributed by atoms with Crippen LogP contribution in [0.3, 0.4) is 0 Å². The van der Waals surface area contributed by atoms with Crippen LogP contribution in [0, 0.1) is 0 Å². The number of halogens is 1. The average Bonchev–Trinajstić information content (AvgIpc) is 2.33. The van der Waals surface area contributed by atoms with E-state index in [4.69, 9.17) is 17.3 Å². The van der Waals surface area contributed by atoms with Crippen LogP contribution in [0.15, 0.2) is 28.3 Å². The van der Waals surface area contributed by atoms with Gasteiger partial charge in [-0.2, -0.15) is 0 Å². The Bertz CT molecular complexity index is 308. The van der Waals surface area contributed by atoms with E-state index in [-0.39, 0.29) is 12.1 Å². The highest BCUT2D eigenvalue weighted by atomic mass is 35.5. The van der Waals surface area contributed by atoms with Crippen LogP contribution in [0.5, 0.6) is 0 Å². The zero-order valence-corrected chi connectivity index (χ0v) is 12.2. The molecule has 2 unspecified atom stereocenters. The van der Waals surface area contributed by atoms with Crippen LogP contribution < -0.4 is 5.73 Å². The summed E-state index contributed by atoms with van der Waals surface area (Å²) in [4.78, 5) is 6.36. The molecule has 0 aromatic heterocycles. The summed E-state index contributed by atoms with van der Waals surface area (Å²) in [6, 6.07) is 0.451. The van der Waals surface area contributed by atoms with E-state index in [1.54, 1.807) is 5.54 Å². The first-order chi connectivity index (χ1) is 7.92. The molecule has 0 saturated carbocycles. The van der Waals surface area contributed by atoms with Crippen molar-refractivity contribution in [3.63, 3.8) is 0 Å². The number of likely N-dealkylation sites (N-methyl/N-ethyl adjacent to an activating group) is 1. The maximum absolute atomic E-state index is 5.93. The number of nitrogens with zero attached hydrogens (tertiary/aromatic N) is 2. The first-order valence-corrected chi connectivity index (χ1v) is 6.37. The summed E-state index contributed by atoms with van der Waals surface area (Å²) in [6.45, 7) is 8.17. The highest BCUT2D eigenvalue weighted by molar-refractivity contribution is 6.25. The van der Waals surface area contributed by atoms with Gasteiger partial charge in [0, 0.05) is 18.6 Å². The lowest BCUT2D eigenvalue weighted by molar-refractivity contribution is 0.442. The Balaban J connectivity index is 4.54. The Morgan fingerprint density at radius 2 is 2.06 bits per heavy atom. The van der Waals surface area contributed by atoms with Gasteiger partial charge in [-0.15, -0.1) is 0 Å². The summed E-state index contributed by atoms with van der Waals surface area (Å²) < 4.78 is 0. The van der Waals surface area contributed by atoms with Gasteiger partial charge in [0.25, 0.3) is 0 Å². The van der Waals surface area contributed by atoms with Crippen molar-refractivity contribution >= 4 is 17.6 Å². The standard InChI is InChI=1S/C13H24ClN3/c1-6-11(3)16-13(15)17(5)12(4)8-7-10(2)9-14/h7-9,11-12H,6H2,1-5H3,(H2,15,16). The van der Waals surface area contributed by atoms with Crippen LogP contribution in [0.2, 0.25) is 0 Å². The molecule has 0 bridgehead atoms. The SMILES string of the molecule is CCC(C)N=C(N)N(C)C(C)C=CC(C)=CCl. The van der Waals surface area contributed by atoms with Crippen molar-refractivity contribution in [3.8, 4) is 0 Å². The van der Waals surface area contributed by atoms with Gasteiger partial charge in [-0.05, 0) is 32.8 Å². The van der Waals surface area contributed by atoms with Gasteiger partial charge >= 0.3 is 0 Å². The fourth-order valence-corrected chi connectivity index (χ4v) is 1.15. The normalized spacial score (nSPS) is 17.3. The minimum Gasteiger partial charge on any atom is -0.370 e. The Morgan fingerprint density at radius 1 is 1.47 bits per heavy atom. The van der Waals surface area contributed by atoms with Crippen molar-refractivity contribution < 1.29 is 0 Å². The van der Waals surface area contributed by atoms with E-state index >= 15 is 0 Å². The minimum atomic E-state index is 0.189. The molecule has 0 aliphatic heterocycles. The van der Waals surface area contributed by atoms with E-state index in [1.807, 2.05) is 31.0 Å². The van der Waals surface area contributed by atoms with Crippen LogP contribution in [-0.2, 0) is 0 Å². The molecule has 0 aliphatic carbocycles. The molecule has 0 rings (SSSR count). The van der Waals surface area contributed by atoms with E-state index in [1.165, 1.54) is 0 Å². The second-order valence-electron chi connectivity index (χ2n) is 4.31. The zero-order valence-electron chi connectivity index (χ0n) is 11.4. The van der Waals surface area contributed by atoms with Crippen molar-refractivity contribution in [1.82, 2.24) is 4.90 Å². The number of guanidine groups is 1. The maximum atomic E-state index is 5.93. The monoisotopic (exact) mass is 257 g/mol. The second kappa shape index (κ2) is 8.18. The Kier molecular flexibility index (Phi) is 7.72. The molecule has 3 nitrogen and oxygen atoms in total. The van der Waals surface area contributed by atoms with Crippen molar-refractivity contribution in [1.29, 1.82) is 0 Å². The molecule has 0 spiro atoms. The number of hydrogen-bond acceptors (Lipinski definition) is 1. The average molecular weight is 258 g/mol. The summed E-state index contributed by atoms with van der Waals surface area (Å²) >= 11 is 5.59. The minimum absolute atomic E-state index is 0.189. The number of nitrogens with two attached hydrogens (primary N) is 1. The van der Waals surface area contributed by atoms with Crippen molar-refractivity contribution in [3.05, 3.63) is 23.3 Å². The van der Waals surface area contributed by atoms with Gasteiger partial charge in [0.15, 0.2) is 5.96 Å². The predicted octanol–water partition coefficient (Wildman–Crippen LogP) is 3.12. The van der Waals surface area contributed by atoms with Gasteiger partial charge < -0.3 is 10.6 Å². The fourth-order valence-electron chi connectivity index (χ4n) is 1.07. The summed E-state index contributed by atoms with van der Waals surface area (Å²) in [7, 11) is 1.94. The fraction of sp³-hybridized carbons (Fsp3) is 0.615.